The molecule has 2 aromatic rings. The second-order valence-electron chi connectivity index (χ2n) is 4.72. The lowest BCUT2D eigenvalue weighted by molar-refractivity contribution is 0.173. The van der Waals surface area contributed by atoms with Gasteiger partial charge in [-0.25, -0.2) is 4.98 Å². The molecule has 1 unspecified atom stereocenters. The van der Waals surface area contributed by atoms with E-state index >= 15 is 0 Å². The Bertz CT molecular complexity index is 526. The Morgan fingerprint density at radius 1 is 1.47 bits per heavy atom. The summed E-state index contributed by atoms with van der Waals surface area (Å²) in [6.07, 6.45) is 0. The molecule has 4 nitrogen and oxygen atoms in total. The van der Waals surface area contributed by atoms with E-state index in [1.54, 1.807) is 18.9 Å². The Kier molecular flexibility index (Phi) is 5.24. The van der Waals surface area contributed by atoms with Gasteiger partial charge < -0.3 is 15.0 Å². The number of thioether (sulfide) groups is 1. The van der Waals surface area contributed by atoms with E-state index in [2.05, 4.69) is 47.3 Å². The zero-order valence-corrected chi connectivity index (χ0v) is 12.5. The van der Waals surface area contributed by atoms with Gasteiger partial charge in [-0.3, -0.25) is 0 Å². The lowest BCUT2D eigenvalue weighted by atomic mass is 10.2. The van der Waals surface area contributed by atoms with Gasteiger partial charge >= 0.3 is 0 Å². The largest absolute Gasteiger partial charge is 0.383 e. The molecular weight excluding hydrogens is 258 g/mol. The van der Waals surface area contributed by atoms with Crippen LogP contribution in [0.3, 0.4) is 0 Å². The first-order chi connectivity index (χ1) is 9.19. The topological polar surface area (TPSA) is 49.9 Å². The predicted molar refractivity (Wildman–Crippen MR) is 80.9 cm³/mol. The number of hydrogen-bond donors (Lipinski definition) is 2. The minimum Gasteiger partial charge on any atom is -0.383 e. The Morgan fingerprint density at radius 2 is 2.32 bits per heavy atom. The van der Waals surface area contributed by atoms with Crippen molar-refractivity contribution in [3.05, 3.63) is 23.8 Å². The molecule has 1 aromatic heterocycles. The molecule has 0 amide bonds. The number of aromatic nitrogens is 2. The third kappa shape index (κ3) is 4.23. The van der Waals surface area contributed by atoms with Crippen molar-refractivity contribution in [3.63, 3.8) is 0 Å². The smallest absolute Gasteiger partial charge is 0.166 e. The summed E-state index contributed by atoms with van der Waals surface area (Å²) in [5, 5.41) is 4.40. The van der Waals surface area contributed by atoms with Crippen molar-refractivity contribution in [2.45, 2.75) is 25.0 Å². The van der Waals surface area contributed by atoms with E-state index in [0.29, 0.717) is 6.04 Å². The number of nitrogens with zero attached hydrogens (tertiary/aromatic N) is 1. The maximum atomic E-state index is 5.08. The van der Waals surface area contributed by atoms with Crippen LogP contribution in [0, 0.1) is 6.92 Å². The fourth-order valence-corrected chi connectivity index (χ4v) is 2.69. The number of benzene rings is 1. The van der Waals surface area contributed by atoms with E-state index in [9.17, 15) is 0 Å². The average molecular weight is 279 g/mol. The normalized spacial score (nSPS) is 13.0. The monoisotopic (exact) mass is 279 g/mol. The second kappa shape index (κ2) is 6.93. The van der Waals surface area contributed by atoms with Crippen molar-refractivity contribution in [1.82, 2.24) is 15.3 Å². The van der Waals surface area contributed by atoms with Crippen LogP contribution in [-0.2, 0) is 4.74 Å². The van der Waals surface area contributed by atoms with Crippen LogP contribution in [0.1, 0.15) is 12.5 Å². The van der Waals surface area contributed by atoms with Crippen molar-refractivity contribution >= 4 is 22.8 Å². The molecule has 1 heterocycles. The number of hydrogen-bond acceptors (Lipinski definition) is 4. The van der Waals surface area contributed by atoms with Gasteiger partial charge in [-0.2, -0.15) is 0 Å². The van der Waals surface area contributed by atoms with Crippen molar-refractivity contribution in [2.24, 2.45) is 0 Å². The molecule has 1 atom stereocenters. The summed E-state index contributed by atoms with van der Waals surface area (Å²) in [6, 6.07) is 6.67. The lowest BCUT2D eigenvalue weighted by Gasteiger charge is -2.11. The highest BCUT2D eigenvalue weighted by atomic mass is 32.2. The maximum absolute atomic E-state index is 5.08. The molecule has 0 saturated heterocycles. The molecule has 0 bridgehead atoms. The molecule has 0 aliphatic carbocycles. The summed E-state index contributed by atoms with van der Waals surface area (Å²) < 4.78 is 5.08. The second-order valence-corrected chi connectivity index (χ2v) is 5.81. The first kappa shape index (κ1) is 14.4. The average Bonchev–Trinajstić information content (AvgIpc) is 2.77. The summed E-state index contributed by atoms with van der Waals surface area (Å²) in [6.45, 7) is 5.91. The molecule has 0 fully saturated rings. The lowest BCUT2D eigenvalue weighted by Crippen LogP contribution is -2.31. The van der Waals surface area contributed by atoms with E-state index in [1.807, 2.05) is 0 Å². The Hall–Kier alpha value is -1.04. The van der Waals surface area contributed by atoms with Gasteiger partial charge in [0.25, 0.3) is 0 Å². The van der Waals surface area contributed by atoms with Crippen molar-refractivity contribution < 1.29 is 4.74 Å². The summed E-state index contributed by atoms with van der Waals surface area (Å²) in [7, 11) is 1.73. The minimum atomic E-state index is 0.393. The Labute approximate surface area is 118 Å². The van der Waals surface area contributed by atoms with Gasteiger partial charge in [-0.05, 0) is 31.5 Å². The van der Waals surface area contributed by atoms with E-state index < -0.39 is 0 Å². The van der Waals surface area contributed by atoms with E-state index in [4.69, 9.17) is 4.74 Å². The Balaban J connectivity index is 1.81. The van der Waals surface area contributed by atoms with E-state index in [-0.39, 0.29) is 0 Å². The molecule has 0 aliphatic heterocycles. The standard InChI is InChI=1S/C14H21N3OS/c1-10-4-5-12-13(8-10)17-14(16-12)19-7-6-15-11(2)9-18-3/h4-5,8,11,15H,6-7,9H2,1-3H3,(H,16,17). The van der Waals surface area contributed by atoms with Crippen LogP contribution in [0.4, 0.5) is 0 Å². The molecular formula is C14H21N3OS. The van der Waals surface area contributed by atoms with Crippen molar-refractivity contribution in [2.75, 3.05) is 26.0 Å². The number of nitrogens with one attached hydrogen (secondary N) is 2. The molecule has 19 heavy (non-hydrogen) atoms. The fourth-order valence-electron chi connectivity index (χ4n) is 1.93. The highest BCUT2D eigenvalue weighted by molar-refractivity contribution is 7.99. The molecule has 0 spiro atoms. The van der Waals surface area contributed by atoms with Crippen molar-refractivity contribution in [1.29, 1.82) is 0 Å². The SMILES string of the molecule is COCC(C)NCCSc1nc2ccc(C)cc2[nH]1. The molecule has 0 radical (unpaired) electrons. The van der Waals surface area contributed by atoms with Gasteiger partial charge in [0.1, 0.15) is 0 Å². The van der Waals surface area contributed by atoms with Gasteiger partial charge in [0.15, 0.2) is 5.16 Å². The van der Waals surface area contributed by atoms with Crippen LogP contribution < -0.4 is 5.32 Å². The van der Waals surface area contributed by atoms with Crippen LogP contribution in [0.25, 0.3) is 11.0 Å². The number of rotatable bonds is 7. The van der Waals surface area contributed by atoms with Crippen LogP contribution in [0.15, 0.2) is 23.4 Å². The highest BCUT2D eigenvalue weighted by Gasteiger charge is 2.04. The van der Waals surface area contributed by atoms with Crippen LogP contribution >= 0.6 is 11.8 Å². The molecule has 5 heteroatoms. The number of H-pyrrole nitrogens is 1. The van der Waals surface area contributed by atoms with Crippen molar-refractivity contribution in [3.8, 4) is 0 Å². The number of aryl methyl sites for hydroxylation is 1. The van der Waals surface area contributed by atoms with Gasteiger partial charge in [0, 0.05) is 25.4 Å². The molecule has 1 aromatic carbocycles. The number of ether oxygens (including phenoxy) is 1. The number of fused-ring (bicyclic) bond motifs is 1. The molecule has 0 saturated carbocycles. The first-order valence-electron chi connectivity index (χ1n) is 6.50. The number of imidazole rings is 1. The van der Waals surface area contributed by atoms with Crippen LogP contribution in [-0.4, -0.2) is 42.0 Å². The molecule has 0 aliphatic rings. The van der Waals surface area contributed by atoms with Gasteiger partial charge in [-0.15, -0.1) is 0 Å². The third-order valence-corrected chi connectivity index (χ3v) is 3.74. The summed E-state index contributed by atoms with van der Waals surface area (Å²) >= 11 is 1.74. The number of methoxy groups -OCH3 is 1. The van der Waals surface area contributed by atoms with Gasteiger partial charge in [0.05, 0.1) is 17.6 Å². The predicted octanol–water partition coefficient (Wildman–Crippen LogP) is 2.59. The molecule has 2 N–H and O–H groups in total. The maximum Gasteiger partial charge on any atom is 0.166 e. The minimum absolute atomic E-state index is 0.393. The van der Waals surface area contributed by atoms with Gasteiger partial charge in [-0.1, -0.05) is 17.8 Å². The third-order valence-electron chi connectivity index (χ3n) is 2.87. The number of aromatic amines is 1. The van der Waals surface area contributed by atoms with Crippen LogP contribution in [0.5, 0.6) is 0 Å². The van der Waals surface area contributed by atoms with E-state index in [1.165, 1.54) is 5.56 Å². The van der Waals surface area contributed by atoms with Gasteiger partial charge in [0.2, 0.25) is 0 Å². The summed E-state index contributed by atoms with van der Waals surface area (Å²) in [5.74, 6) is 0.993. The summed E-state index contributed by atoms with van der Waals surface area (Å²) in [5.41, 5.74) is 3.40. The zero-order chi connectivity index (χ0) is 13.7. The summed E-state index contributed by atoms with van der Waals surface area (Å²) in [4.78, 5) is 7.91. The van der Waals surface area contributed by atoms with E-state index in [0.717, 1.165) is 35.1 Å². The first-order valence-corrected chi connectivity index (χ1v) is 7.49. The zero-order valence-electron chi connectivity index (χ0n) is 11.7. The molecule has 104 valence electrons. The molecule has 2 rings (SSSR count). The quantitative estimate of drug-likeness (QED) is 0.604. The Morgan fingerprint density at radius 3 is 3.11 bits per heavy atom. The highest BCUT2D eigenvalue weighted by Crippen LogP contribution is 2.19. The van der Waals surface area contributed by atoms with Crippen LogP contribution in [0.2, 0.25) is 0 Å². The fraction of sp³-hybridized carbons (Fsp3) is 0.500.